The number of ether oxygens (including phenoxy) is 1. The number of halogens is 2. The van der Waals surface area contributed by atoms with Gasteiger partial charge in [-0.2, -0.15) is 0 Å². The first kappa shape index (κ1) is 15.2. The Morgan fingerprint density at radius 2 is 1.95 bits per heavy atom. The second kappa shape index (κ2) is 4.98. The lowest BCUT2D eigenvalue weighted by Crippen LogP contribution is -2.45. The van der Waals surface area contributed by atoms with E-state index in [1.54, 1.807) is 20.8 Å². The van der Waals surface area contributed by atoms with Crippen LogP contribution in [0.1, 0.15) is 26.3 Å². The van der Waals surface area contributed by atoms with Gasteiger partial charge in [0.15, 0.2) is 11.6 Å². The number of hydrogen-bond acceptors (Lipinski definition) is 3. The number of aliphatic carboxylic acids is 1. The molecule has 1 aromatic carbocycles. The van der Waals surface area contributed by atoms with E-state index in [4.69, 9.17) is 4.74 Å². The lowest BCUT2D eigenvalue weighted by Gasteiger charge is -2.27. The van der Waals surface area contributed by atoms with E-state index in [2.05, 4.69) is 0 Å². The Labute approximate surface area is 120 Å². The van der Waals surface area contributed by atoms with Crippen LogP contribution < -0.4 is 4.90 Å². The molecule has 1 N–H and O–H groups in total. The van der Waals surface area contributed by atoms with Crippen LogP contribution in [0, 0.1) is 11.6 Å². The van der Waals surface area contributed by atoms with Crippen molar-refractivity contribution in [2.24, 2.45) is 0 Å². The smallest absolute Gasteiger partial charge is 0.415 e. The van der Waals surface area contributed by atoms with Gasteiger partial charge in [0.25, 0.3) is 0 Å². The van der Waals surface area contributed by atoms with E-state index in [9.17, 15) is 23.5 Å². The molecule has 0 aromatic heterocycles. The van der Waals surface area contributed by atoms with E-state index in [1.807, 2.05) is 0 Å². The molecular weight excluding hydrogens is 284 g/mol. The van der Waals surface area contributed by atoms with Crippen molar-refractivity contribution in [2.45, 2.75) is 38.8 Å². The molecule has 5 nitrogen and oxygen atoms in total. The van der Waals surface area contributed by atoms with Crippen molar-refractivity contribution in [1.82, 2.24) is 0 Å². The minimum atomic E-state index is -1.31. The van der Waals surface area contributed by atoms with Gasteiger partial charge in [0.2, 0.25) is 0 Å². The highest BCUT2D eigenvalue weighted by molar-refractivity contribution is 5.98. The zero-order chi connectivity index (χ0) is 15.9. The topological polar surface area (TPSA) is 66.8 Å². The number of amides is 1. The zero-order valence-corrected chi connectivity index (χ0v) is 11.8. The molecule has 1 unspecified atom stereocenters. The number of carbonyl (C=O) groups is 2. The minimum absolute atomic E-state index is 0.0237. The first-order chi connectivity index (χ1) is 9.61. The molecule has 114 valence electrons. The molecule has 0 bridgehead atoms. The third-order valence-corrected chi connectivity index (χ3v) is 3.02. The maximum Gasteiger partial charge on any atom is 0.415 e. The van der Waals surface area contributed by atoms with Crippen LogP contribution in [0.2, 0.25) is 0 Å². The molecule has 0 spiro atoms. The van der Waals surface area contributed by atoms with Gasteiger partial charge in [-0.1, -0.05) is 0 Å². The fraction of sp³-hybridized carbons (Fsp3) is 0.429. The normalized spacial score (nSPS) is 17.6. The third kappa shape index (κ3) is 2.81. The predicted molar refractivity (Wildman–Crippen MR) is 70.2 cm³/mol. The molecule has 0 saturated carbocycles. The van der Waals surface area contributed by atoms with Crippen molar-refractivity contribution < 1.29 is 28.2 Å². The van der Waals surface area contributed by atoms with Gasteiger partial charge in [-0.3, -0.25) is 4.90 Å². The molecule has 0 aliphatic carbocycles. The quantitative estimate of drug-likeness (QED) is 0.866. The second-order valence-corrected chi connectivity index (χ2v) is 5.77. The molecule has 2 rings (SSSR count). The van der Waals surface area contributed by atoms with E-state index in [1.165, 1.54) is 6.07 Å². The Balaban J connectivity index is 2.46. The Hall–Kier alpha value is -2.18. The fourth-order valence-corrected chi connectivity index (χ4v) is 2.19. The van der Waals surface area contributed by atoms with Gasteiger partial charge in [0, 0.05) is 12.0 Å². The van der Waals surface area contributed by atoms with Crippen LogP contribution in [0.25, 0.3) is 0 Å². The van der Waals surface area contributed by atoms with Crippen LogP contribution in [0.4, 0.5) is 19.3 Å². The number of carbonyl (C=O) groups excluding carboxylic acids is 1. The number of carboxylic acid groups (broad SMARTS) is 1. The summed E-state index contributed by atoms with van der Waals surface area (Å²) in [6.07, 6.45) is -1.20. The summed E-state index contributed by atoms with van der Waals surface area (Å²) in [6, 6.07) is 0.724. The van der Waals surface area contributed by atoms with Crippen molar-refractivity contribution in [3.05, 3.63) is 29.3 Å². The van der Waals surface area contributed by atoms with Crippen LogP contribution in [0.5, 0.6) is 0 Å². The Bertz CT molecular complexity index is 610. The molecule has 1 heterocycles. The van der Waals surface area contributed by atoms with Crippen LogP contribution in [0.3, 0.4) is 0 Å². The lowest BCUT2D eigenvalue weighted by atomic mass is 10.1. The van der Waals surface area contributed by atoms with Crippen LogP contribution in [0.15, 0.2) is 12.1 Å². The third-order valence-electron chi connectivity index (χ3n) is 3.02. The molecule has 1 aromatic rings. The number of nitrogens with zero attached hydrogens (tertiary/aromatic N) is 1. The average molecular weight is 299 g/mol. The van der Waals surface area contributed by atoms with Crippen molar-refractivity contribution in [3.63, 3.8) is 0 Å². The molecule has 0 saturated heterocycles. The van der Waals surface area contributed by atoms with Crippen molar-refractivity contribution >= 4 is 17.7 Å². The SMILES string of the molecule is CC(C)(C)OC(=O)N1c2ccc(F)c(F)c2CC1C(=O)O. The molecular formula is C14H15F2NO4. The van der Waals surface area contributed by atoms with Crippen LogP contribution >= 0.6 is 0 Å². The molecule has 1 aliphatic heterocycles. The highest BCUT2D eigenvalue weighted by Gasteiger charge is 2.42. The predicted octanol–water partition coefficient (Wildman–Crippen LogP) is 2.72. The number of benzene rings is 1. The summed E-state index contributed by atoms with van der Waals surface area (Å²) >= 11 is 0. The number of anilines is 1. The lowest BCUT2D eigenvalue weighted by molar-refractivity contribution is -0.138. The Kier molecular flexibility index (Phi) is 3.61. The highest BCUT2D eigenvalue weighted by atomic mass is 19.2. The number of rotatable bonds is 1. The highest BCUT2D eigenvalue weighted by Crippen LogP contribution is 2.36. The van der Waals surface area contributed by atoms with Gasteiger partial charge < -0.3 is 9.84 Å². The molecule has 1 aliphatic rings. The van der Waals surface area contributed by atoms with Crippen molar-refractivity contribution in [2.75, 3.05) is 4.90 Å². The summed E-state index contributed by atoms with van der Waals surface area (Å²) < 4.78 is 32.1. The monoisotopic (exact) mass is 299 g/mol. The maximum absolute atomic E-state index is 13.8. The standard InChI is InChI=1S/C14H15F2NO4/c1-14(2,3)21-13(20)17-9-5-4-8(15)11(16)7(9)6-10(17)12(18)19/h4-5,10H,6H2,1-3H3,(H,18,19). The number of carboxylic acids is 1. The molecule has 1 amide bonds. The number of hydrogen-bond donors (Lipinski definition) is 1. The van der Waals surface area contributed by atoms with Gasteiger partial charge in [0.1, 0.15) is 11.6 Å². The summed E-state index contributed by atoms with van der Waals surface area (Å²) in [5.74, 6) is -3.52. The zero-order valence-electron chi connectivity index (χ0n) is 11.8. The summed E-state index contributed by atoms with van der Waals surface area (Å²) in [4.78, 5) is 24.3. The van der Waals surface area contributed by atoms with E-state index < -0.39 is 35.3 Å². The van der Waals surface area contributed by atoms with Gasteiger partial charge in [-0.15, -0.1) is 0 Å². The minimum Gasteiger partial charge on any atom is -0.480 e. The maximum atomic E-state index is 13.8. The van der Waals surface area contributed by atoms with Gasteiger partial charge in [-0.05, 0) is 32.9 Å². The molecule has 21 heavy (non-hydrogen) atoms. The summed E-state index contributed by atoms with van der Waals surface area (Å²) in [5, 5.41) is 9.20. The van der Waals surface area contributed by atoms with Gasteiger partial charge in [0.05, 0.1) is 5.69 Å². The fourth-order valence-electron chi connectivity index (χ4n) is 2.19. The van der Waals surface area contributed by atoms with Gasteiger partial charge in [-0.25, -0.2) is 18.4 Å². The summed E-state index contributed by atoms with van der Waals surface area (Å²) in [6.45, 7) is 4.88. The first-order valence-corrected chi connectivity index (χ1v) is 6.33. The second-order valence-electron chi connectivity index (χ2n) is 5.77. The van der Waals surface area contributed by atoms with Crippen LogP contribution in [-0.2, 0) is 16.0 Å². The number of fused-ring (bicyclic) bond motifs is 1. The summed E-state index contributed by atoms with van der Waals surface area (Å²) in [7, 11) is 0. The molecule has 7 heteroatoms. The van der Waals surface area contributed by atoms with Gasteiger partial charge >= 0.3 is 12.1 Å². The molecule has 0 fully saturated rings. The van der Waals surface area contributed by atoms with E-state index in [0.29, 0.717) is 0 Å². The average Bonchev–Trinajstić information content (AvgIpc) is 2.72. The molecule has 1 atom stereocenters. The van der Waals surface area contributed by atoms with Crippen molar-refractivity contribution in [3.8, 4) is 0 Å². The summed E-state index contributed by atoms with van der Waals surface area (Å²) in [5.41, 5.74) is -0.939. The van der Waals surface area contributed by atoms with Crippen LogP contribution in [-0.4, -0.2) is 28.8 Å². The van der Waals surface area contributed by atoms with E-state index in [0.717, 1.165) is 11.0 Å². The Morgan fingerprint density at radius 3 is 2.48 bits per heavy atom. The first-order valence-electron chi connectivity index (χ1n) is 6.33. The largest absolute Gasteiger partial charge is 0.480 e. The van der Waals surface area contributed by atoms with Crippen molar-refractivity contribution in [1.29, 1.82) is 0 Å². The van der Waals surface area contributed by atoms with E-state index in [-0.39, 0.29) is 17.7 Å². The Morgan fingerprint density at radius 1 is 1.33 bits per heavy atom. The van der Waals surface area contributed by atoms with E-state index >= 15 is 0 Å². The molecule has 0 radical (unpaired) electrons.